The molecule has 1 saturated carbocycles. The van der Waals surface area contributed by atoms with E-state index in [1.54, 1.807) is 60.7 Å². The molecule has 3 rings (SSSR count). The monoisotopic (exact) mass is 508 g/mol. The van der Waals surface area contributed by atoms with Crippen LogP contribution in [0.3, 0.4) is 0 Å². The number of aliphatic carboxylic acids is 2. The second kappa shape index (κ2) is 11.9. The molecule has 1 aliphatic rings. The van der Waals surface area contributed by atoms with Gasteiger partial charge < -0.3 is 19.3 Å². The first kappa shape index (κ1) is 26.4. The van der Waals surface area contributed by atoms with Crippen LogP contribution in [0.2, 0.25) is 0 Å². The van der Waals surface area contributed by atoms with Gasteiger partial charge in [-0.05, 0) is 49.9 Å². The van der Waals surface area contributed by atoms with Crippen molar-refractivity contribution in [1.29, 1.82) is 0 Å². The van der Waals surface area contributed by atoms with E-state index in [0.29, 0.717) is 36.3 Å². The standard InChI is InChI=1S/C24H30O8P2/c25-23(26)15-17-33(29,21-7-3-1-4-8-21)31-19-11-13-20(14-12-19)32-34(30,18-16-24(27)28)22-9-5-2-6-10-22/h1-10,19-20H,11-18H2,(H,25,26)(H,27,28). The molecule has 1 aliphatic carbocycles. The third kappa shape index (κ3) is 7.38. The van der Waals surface area contributed by atoms with Crippen LogP contribution in [-0.2, 0) is 27.8 Å². The molecule has 2 unspecified atom stereocenters. The Morgan fingerprint density at radius 2 is 1.00 bits per heavy atom. The summed E-state index contributed by atoms with van der Waals surface area (Å²) in [5.74, 6) is -2.07. The number of hydrogen-bond acceptors (Lipinski definition) is 6. The van der Waals surface area contributed by atoms with Gasteiger partial charge in [-0.3, -0.25) is 18.7 Å². The van der Waals surface area contributed by atoms with E-state index in [1.165, 1.54) is 0 Å². The molecule has 34 heavy (non-hydrogen) atoms. The van der Waals surface area contributed by atoms with Crippen LogP contribution < -0.4 is 10.6 Å². The normalized spacial score (nSPS) is 21.8. The Labute approximate surface area is 199 Å². The second-order valence-corrected chi connectivity index (χ2v) is 13.4. The number of rotatable bonds is 12. The van der Waals surface area contributed by atoms with Gasteiger partial charge in [-0.25, -0.2) is 0 Å². The molecule has 0 spiro atoms. The zero-order valence-electron chi connectivity index (χ0n) is 18.8. The average molecular weight is 508 g/mol. The Morgan fingerprint density at radius 3 is 1.29 bits per heavy atom. The van der Waals surface area contributed by atoms with E-state index in [0.717, 1.165) is 0 Å². The molecule has 10 heteroatoms. The first-order chi connectivity index (χ1) is 16.2. The summed E-state index contributed by atoms with van der Waals surface area (Å²) in [6, 6.07) is 17.3. The van der Waals surface area contributed by atoms with Crippen LogP contribution in [0.25, 0.3) is 0 Å². The average Bonchev–Trinajstić information content (AvgIpc) is 2.84. The summed E-state index contributed by atoms with van der Waals surface area (Å²) in [5.41, 5.74) is 0. The molecule has 2 aromatic carbocycles. The number of carbonyl (C=O) groups is 2. The summed E-state index contributed by atoms with van der Waals surface area (Å²) in [4.78, 5) is 22.2. The molecule has 0 saturated heterocycles. The first-order valence-corrected chi connectivity index (χ1v) is 14.9. The van der Waals surface area contributed by atoms with Gasteiger partial charge in [0, 0.05) is 22.9 Å². The third-order valence-corrected chi connectivity index (χ3v) is 10.9. The van der Waals surface area contributed by atoms with Gasteiger partial charge in [-0.15, -0.1) is 0 Å². The lowest BCUT2D eigenvalue weighted by molar-refractivity contribution is -0.137. The highest BCUT2D eigenvalue weighted by Gasteiger charge is 2.36. The molecule has 0 heterocycles. The van der Waals surface area contributed by atoms with Gasteiger partial charge in [0.2, 0.25) is 14.7 Å². The van der Waals surface area contributed by atoms with E-state index in [-0.39, 0.29) is 37.4 Å². The highest BCUT2D eigenvalue weighted by atomic mass is 31.2. The minimum atomic E-state index is -3.37. The molecule has 184 valence electrons. The minimum absolute atomic E-state index is 0.0822. The van der Waals surface area contributed by atoms with Crippen LogP contribution >= 0.6 is 14.7 Å². The molecule has 1 fully saturated rings. The number of benzene rings is 2. The SMILES string of the molecule is O=C(O)CCP(=O)(OC1CCC(OP(=O)(CCC(=O)O)c2ccccc2)CC1)c1ccccc1. The number of hydrogen-bond donors (Lipinski definition) is 2. The highest BCUT2D eigenvalue weighted by Crippen LogP contribution is 2.52. The van der Waals surface area contributed by atoms with Gasteiger partial charge in [-0.1, -0.05) is 36.4 Å². The molecule has 2 aromatic rings. The van der Waals surface area contributed by atoms with Gasteiger partial charge in [0.25, 0.3) is 0 Å². The predicted octanol–water partition coefficient (Wildman–Crippen LogP) is 4.49. The smallest absolute Gasteiger partial charge is 0.303 e. The molecule has 0 bridgehead atoms. The highest BCUT2D eigenvalue weighted by molar-refractivity contribution is 7.67. The van der Waals surface area contributed by atoms with E-state index < -0.39 is 26.7 Å². The van der Waals surface area contributed by atoms with Crippen LogP contribution in [0.4, 0.5) is 0 Å². The summed E-state index contributed by atoms with van der Waals surface area (Å²) in [6.45, 7) is 0. The van der Waals surface area contributed by atoms with Crippen molar-refractivity contribution in [2.24, 2.45) is 0 Å². The van der Waals surface area contributed by atoms with Crippen LogP contribution in [0.5, 0.6) is 0 Å². The van der Waals surface area contributed by atoms with E-state index in [1.807, 2.05) is 0 Å². The zero-order chi connectivity index (χ0) is 24.6. The van der Waals surface area contributed by atoms with E-state index in [4.69, 9.17) is 19.3 Å². The van der Waals surface area contributed by atoms with Crippen molar-refractivity contribution in [1.82, 2.24) is 0 Å². The Hall–Kier alpha value is -2.24. The first-order valence-electron chi connectivity index (χ1n) is 11.3. The summed E-state index contributed by atoms with van der Waals surface area (Å²) >= 11 is 0. The van der Waals surface area contributed by atoms with Crippen LogP contribution in [-0.4, -0.2) is 46.7 Å². The third-order valence-electron chi connectivity index (χ3n) is 5.80. The van der Waals surface area contributed by atoms with Gasteiger partial charge >= 0.3 is 11.9 Å². The van der Waals surface area contributed by atoms with Crippen molar-refractivity contribution >= 4 is 37.3 Å². The Morgan fingerprint density at radius 1 is 0.676 bits per heavy atom. The molecular weight excluding hydrogens is 478 g/mol. The molecule has 0 aliphatic heterocycles. The van der Waals surface area contributed by atoms with Crippen molar-refractivity contribution in [2.75, 3.05) is 12.3 Å². The van der Waals surface area contributed by atoms with Gasteiger partial charge in [0.05, 0.1) is 25.0 Å². The van der Waals surface area contributed by atoms with E-state index in [9.17, 15) is 18.7 Å². The summed E-state index contributed by atoms with van der Waals surface area (Å²) < 4.78 is 39.3. The minimum Gasteiger partial charge on any atom is -0.481 e. The molecular formula is C24H30O8P2. The predicted molar refractivity (Wildman–Crippen MR) is 130 cm³/mol. The second-order valence-electron chi connectivity index (χ2n) is 8.36. The molecule has 2 atom stereocenters. The fourth-order valence-electron chi connectivity index (χ4n) is 4.01. The Balaban J connectivity index is 1.66. The van der Waals surface area contributed by atoms with Crippen molar-refractivity contribution in [3.05, 3.63) is 60.7 Å². The summed E-state index contributed by atoms with van der Waals surface area (Å²) in [5, 5.41) is 19.2. The van der Waals surface area contributed by atoms with Gasteiger partial charge in [0.15, 0.2) is 0 Å². The van der Waals surface area contributed by atoms with E-state index in [2.05, 4.69) is 0 Å². The Kier molecular flexibility index (Phi) is 9.26. The van der Waals surface area contributed by atoms with E-state index >= 15 is 0 Å². The largest absolute Gasteiger partial charge is 0.481 e. The lowest BCUT2D eigenvalue weighted by Crippen LogP contribution is -2.28. The zero-order valence-corrected chi connectivity index (χ0v) is 20.6. The maximum atomic E-state index is 13.6. The van der Waals surface area contributed by atoms with Gasteiger partial charge in [-0.2, -0.15) is 0 Å². The molecule has 0 amide bonds. The fourth-order valence-corrected chi connectivity index (χ4v) is 8.59. The van der Waals surface area contributed by atoms with Crippen LogP contribution in [0, 0.1) is 0 Å². The molecule has 0 aromatic heterocycles. The number of carboxylic acids is 2. The maximum absolute atomic E-state index is 13.6. The van der Waals surface area contributed by atoms with Crippen molar-refractivity contribution in [2.45, 2.75) is 50.7 Å². The topological polar surface area (TPSA) is 127 Å². The van der Waals surface area contributed by atoms with Crippen molar-refractivity contribution in [3.8, 4) is 0 Å². The van der Waals surface area contributed by atoms with Crippen LogP contribution in [0.1, 0.15) is 38.5 Å². The van der Waals surface area contributed by atoms with Crippen molar-refractivity contribution in [3.63, 3.8) is 0 Å². The van der Waals surface area contributed by atoms with Crippen LogP contribution in [0.15, 0.2) is 60.7 Å². The lowest BCUT2D eigenvalue weighted by Gasteiger charge is -2.33. The van der Waals surface area contributed by atoms with Crippen molar-refractivity contribution < 1.29 is 38.0 Å². The molecule has 0 radical (unpaired) electrons. The summed E-state index contributed by atoms with van der Waals surface area (Å²) in [6.07, 6.45) is 0.713. The fraction of sp³-hybridized carbons (Fsp3) is 0.417. The molecule has 2 N–H and O–H groups in total. The number of carboxylic acid groups (broad SMARTS) is 2. The maximum Gasteiger partial charge on any atom is 0.303 e. The summed E-state index contributed by atoms with van der Waals surface area (Å²) in [7, 11) is -6.73. The quantitative estimate of drug-likeness (QED) is 0.402. The Bertz CT molecular complexity index is 964. The lowest BCUT2D eigenvalue weighted by atomic mass is 9.95. The van der Waals surface area contributed by atoms with Gasteiger partial charge in [0.1, 0.15) is 0 Å². The molecule has 8 nitrogen and oxygen atoms in total.